The number of rotatable bonds is 4. The van der Waals surface area contributed by atoms with Gasteiger partial charge in [-0.25, -0.2) is 4.39 Å². The number of nitrogens with zero attached hydrogens (tertiary/aromatic N) is 1. The molecule has 120 valence electrons. The highest BCUT2D eigenvalue weighted by Gasteiger charge is 2.36. The molecule has 3 nitrogen and oxygen atoms in total. The van der Waals surface area contributed by atoms with Crippen LogP contribution in [0, 0.1) is 18.2 Å². The van der Waals surface area contributed by atoms with Crippen molar-refractivity contribution in [1.29, 1.82) is 0 Å². The summed E-state index contributed by atoms with van der Waals surface area (Å²) in [5.74, 6) is -0.170. The quantitative estimate of drug-likeness (QED) is 0.896. The molecule has 0 spiro atoms. The van der Waals surface area contributed by atoms with Gasteiger partial charge in [0.25, 0.3) is 0 Å². The van der Waals surface area contributed by atoms with Crippen molar-refractivity contribution < 1.29 is 9.50 Å². The predicted octanol–water partition coefficient (Wildman–Crippen LogP) is 2.52. The third kappa shape index (κ3) is 3.95. The number of hydrogen-bond donors (Lipinski definition) is 2. The zero-order valence-corrected chi connectivity index (χ0v) is 13.8. The van der Waals surface area contributed by atoms with Gasteiger partial charge in [-0.3, -0.25) is 4.90 Å². The van der Waals surface area contributed by atoms with Gasteiger partial charge in [0.05, 0.1) is 0 Å². The molecule has 1 heterocycles. The molecular weight excluding hydrogens is 291 g/mol. The van der Waals surface area contributed by atoms with Crippen molar-refractivity contribution in [2.75, 3.05) is 32.8 Å². The fourth-order valence-corrected chi connectivity index (χ4v) is 3.06. The zero-order chi connectivity index (χ0) is 14.8. The van der Waals surface area contributed by atoms with E-state index in [9.17, 15) is 9.50 Å². The second-order valence-electron chi connectivity index (χ2n) is 6.29. The Morgan fingerprint density at radius 1 is 1.33 bits per heavy atom. The second-order valence-corrected chi connectivity index (χ2v) is 6.29. The maximum atomic E-state index is 13.9. The van der Waals surface area contributed by atoms with Gasteiger partial charge < -0.3 is 10.4 Å². The smallest absolute Gasteiger partial charge is 0.126 e. The summed E-state index contributed by atoms with van der Waals surface area (Å²) < 4.78 is 13.9. The molecule has 1 aromatic rings. The van der Waals surface area contributed by atoms with Crippen LogP contribution in [0.5, 0.6) is 0 Å². The molecule has 0 bridgehead atoms. The van der Waals surface area contributed by atoms with E-state index in [1.165, 1.54) is 6.07 Å². The number of halogens is 2. The molecule has 0 aliphatic carbocycles. The van der Waals surface area contributed by atoms with E-state index in [1.807, 2.05) is 26.8 Å². The molecule has 5 heteroatoms. The first kappa shape index (κ1) is 18.4. The number of nitrogens with one attached hydrogen (secondary N) is 1. The monoisotopic (exact) mass is 316 g/mol. The lowest BCUT2D eigenvalue weighted by Crippen LogP contribution is -2.49. The van der Waals surface area contributed by atoms with Crippen molar-refractivity contribution in [2.45, 2.75) is 26.8 Å². The Kier molecular flexibility index (Phi) is 6.60. The van der Waals surface area contributed by atoms with Crippen LogP contribution in [0.3, 0.4) is 0 Å². The fourth-order valence-electron chi connectivity index (χ4n) is 3.06. The average Bonchev–Trinajstić information content (AvgIpc) is 2.45. The van der Waals surface area contributed by atoms with Crippen LogP contribution in [-0.4, -0.2) is 42.8 Å². The lowest BCUT2D eigenvalue weighted by atomic mass is 9.78. The van der Waals surface area contributed by atoms with E-state index in [-0.39, 0.29) is 36.3 Å². The Balaban J connectivity index is 0.00000220. The first-order valence-corrected chi connectivity index (χ1v) is 7.28. The molecule has 0 saturated carbocycles. The number of aliphatic hydroxyl groups is 1. The number of benzene rings is 1. The zero-order valence-electron chi connectivity index (χ0n) is 13.0. The van der Waals surface area contributed by atoms with Crippen molar-refractivity contribution in [3.05, 3.63) is 35.1 Å². The van der Waals surface area contributed by atoms with Crippen LogP contribution in [0.1, 0.15) is 31.0 Å². The largest absolute Gasteiger partial charge is 0.396 e. The highest BCUT2D eigenvalue weighted by Crippen LogP contribution is 2.39. The van der Waals surface area contributed by atoms with Gasteiger partial charge in [0.15, 0.2) is 0 Å². The molecule has 1 atom stereocenters. The van der Waals surface area contributed by atoms with Crippen molar-refractivity contribution in [1.82, 2.24) is 10.2 Å². The molecule has 0 amide bonds. The molecule has 2 rings (SSSR count). The standard InChI is InChI=1S/C16H25FN2O.ClH/c1-12-13(5-4-6-14(12)17)15(16(2,3)11-20)19-9-7-18-8-10-19;/h4-6,15,18,20H,7-11H2,1-3H3;1H/t15-;/m1./s1. The van der Waals surface area contributed by atoms with Gasteiger partial charge in [0.1, 0.15) is 5.82 Å². The van der Waals surface area contributed by atoms with Gasteiger partial charge in [-0.05, 0) is 24.1 Å². The highest BCUT2D eigenvalue weighted by atomic mass is 35.5. The van der Waals surface area contributed by atoms with E-state index in [4.69, 9.17) is 0 Å². The maximum Gasteiger partial charge on any atom is 0.126 e. The molecule has 0 unspecified atom stereocenters. The number of aliphatic hydroxyl groups excluding tert-OH is 1. The molecular formula is C16H26ClFN2O. The number of piperazine rings is 1. The minimum atomic E-state index is -0.310. The molecule has 0 radical (unpaired) electrons. The van der Waals surface area contributed by atoms with Crippen molar-refractivity contribution in [3.63, 3.8) is 0 Å². The van der Waals surface area contributed by atoms with Crippen molar-refractivity contribution in [3.8, 4) is 0 Å². The van der Waals surface area contributed by atoms with E-state index in [0.29, 0.717) is 5.56 Å². The average molecular weight is 317 g/mol. The van der Waals surface area contributed by atoms with E-state index >= 15 is 0 Å². The van der Waals surface area contributed by atoms with Crippen LogP contribution in [-0.2, 0) is 0 Å². The third-order valence-electron chi connectivity index (χ3n) is 4.27. The second kappa shape index (κ2) is 7.54. The summed E-state index contributed by atoms with van der Waals surface area (Å²) >= 11 is 0. The van der Waals surface area contributed by atoms with Gasteiger partial charge in [0, 0.05) is 44.2 Å². The van der Waals surface area contributed by atoms with Gasteiger partial charge in [-0.15, -0.1) is 12.4 Å². The summed E-state index contributed by atoms with van der Waals surface area (Å²) in [6.45, 7) is 9.71. The van der Waals surface area contributed by atoms with E-state index in [0.717, 1.165) is 31.7 Å². The Labute approximate surface area is 132 Å². The summed E-state index contributed by atoms with van der Waals surface area (Å²) in [6.07, 6.45) is 0. The van der Waals surface area contributed by atoms with Crippen LogP contribution in [0.25, 0.3) is 0 Å². The van der Waals surface area contributed by atoms with Crippen molar-refractivity contribution >= 4 is 12.4 Å². The SMILES string of the molecule is Cc1c(F)cccc1[C@@H](N1CCNCC1)C(C)(C)CO.Cl. The summed E-state index contributed by atoms with van der Waals surface area (Å²) in [6, 6.07) is 5.29. The van der Waals surface area contributed by atoms with Crippen LogP contribution >= 0.6 is 12.4 Å². The number of hydrogen-bond acceptors (Lipinski definition) is 3. The molecule has 1 fully saturated rings. The van der Waals surface area contributed by atoms with Gasteiger partial charge in [0.2, 0.25) is 0 Å². The van der Waals surface area contributed by atoms with Crippen LogP contribution < -0.4 is 5.32 Å². The lowest BCUT2D eigenvalue weighted by molar-refractivity contribution is 0.0300. The van der Waals surface area contributed by atoms with Crippen LogP contribution in [0.2, 0.25) is 0 Å². The van der Waals surface area contributed by atoms with E-state index in [1.54, 1.807) is 6.07 Å². The summed E-state index contributed by atoms with van der Waals surface area (Å²) in [5.41, 5.74) is 1.37. The van der Waals surface area contributed by atoms with Crippen LogP contribution in [0.15, 0.2) is 18.2 Å². The third-order valence-corrected chi connectivity index (χ3v) is 4.27. The van der Waals surface area contributed by atoms with E-state index in [2.05, 4.69) is 10.2 Å². The van der Waals surface area contributed by atoms with Gasteiger partial charge in [-0.1, -0.05) is 26.0 Å². The van der Waals surface area contributed by atoms with E-state index < -0.39 is 0 Å². The molecule has 1 aliphatic heterocycles. The molecule has 1 saturated heterocycles. The maximum absolute atomic E-state index is 13.9. The molecule has 1 aliphatic rings. The first-order valence-electron chi connectivity index (χ1n) is 7.28. The molecule has 1 aromatic carbocycles. The molecule has 0 aromatic heterocycles. The minimum absolute atomic E-state index is 0. The molecule has 2 N–H and O–H groups in total. The topological polar surface area (TPSA) is 35.5 Å². The van der Waals surface area contributed by atoms with Gasteiger partial charge in [-0.2, -0.15) is 0 Å². The van der Waals surface area contributed by atoms with Crippen LogP contribution in [0.4, 0.5) is 4.39 Å². The minimum Gasteiger partial charge on any atom is -0.396 e. The fraction of sp³-hybridized carbons (Fsp3) is 0.625. The van der Waals surface area contributed by atoms with Crippen molar-refractivity contribution in [2.24, 2.45) is 5.41 Å². The summed E-state index contributed by atoms with van der Waals surface area (Å²) in [4.78, 5) is 2.36. The highest BCUT2D eigenvalue weighted by molar-refractivity contribution is 5.85. The Hall–Kier alpha value is -0.680. The Morgan fingerprint density at radius 2 is 1.95 bits per heavy atom. The Morgan fingerprint density at radius 3 is 2.52 bits per heavy atom. The van der Waals surface area contributed by atoms with Gasteiger partial charge >= 0.3 is 0 Å². The molecule has 21 heavy (non-hydrogen) atoms. The summed E-state index contributed by atoms with van der Waals surface area (Å²) in [7, 11) is 0. The lowest BCUT2D eigenvalue weighted by Gasteiger charge is -2.44. The Bertz CT molecular complexity index is 462. The predicted molar refractivity (Wildman–Crippen MR) is 86.4 cm³/mol. The normalized spacial score (nSPS) is 18.1. The summed E-state index contributed by atoms with van der Waals surface area (Å²) in [5, 5.41) is 13.1. The first-order chi connectivity index (χ1) is 9.47.